The number of nitrogens with one attached hydrogen (secondary N) is 1. The number of hydrogen-bond acceptors (Lipinski definition) is 3. The summed E-state index contributed by atoms with van der Waals surface area (Å²) in [7, 11) is 0. The molecular formula is C17H18N2O2S. The van der Waals surface area contributed by atoms with Crippen LogP contribution in [-0.4, -0.2) is 21.0 Å². The summed E-state index contributed by atoms with van der Waals surface area (Å²) >= 11 is 1.50. The molecule has 4 nitrogen and oxygen atoms in total. The van der Waals surface area contributed by atoms with Crippen molar-refractivity contribution in [3.63, 3.8) is 0 Å². The minimum Gasteiger partial charge on any atom is -0.481 e. The lowest BCUT2D eigenvalue weighted by Gasteiger charge is -2.18. The number of thiazole rings is 1. The molecule has 2 aromatic heterocycles. The molecule has 22 heavy (non-hydrogen) atoms. The SMILES string of the molecule is CC(C)(C)c1[nH]c2ccccc2c1-c1nc(CC(=O)O)cs1. The Kier molecular flexibility index (Phi) is 3.53. The van der Waals surface area contributed by atoms with Crippen LogP contribution in [0, 0.1) is 0 Å². The molecule has 2 heterocycles. The molecule has 5 heteroatoms. The highest BCUT2D eigenvalue weighted by atomic mass is 32.1. The van der Waals surface area contributed by atoms with Crippen LogP contribution in [0.2, 0.25) is 0 Å². The second-order valence-electron chi connectivity index (χ2n) is 6.39. The lowest BCUT2D eigenvalue weighted by molar-refractivity contribution is -0.136. The fourth-order valence-electron chi connectivity index (χ4n) is 2.58. The zero-order valence-corrected chi connectivity index (χ0v) is 13.6. The summed E-state index contributed by atoms with van der Waals surface area (Å²) in [6.07, 6.45) is -0.0380. The molecule has 2 N–H and O–H groups in total. The number of carbonyl (C=O) groups is 1. The maximum atomic E-state index is 10.9. The number of carboxylic acids is 1. The number of aromatic amines is 1. The third-order valence-electron chi connectivity index (χ3n) is 3.55. The summed E-state index contributed by atoms with van der Waals surface area (Å²) in [4.78, 5) is 18.9. The molecule has 0 atom stereocenters. The van der Waals surface area contributed by atoms with Crippen LogP contribution in [-0.2, 0) is 16.6 Å². The number of fused-ring (bicyclic) bond motifs is 1. The van der Waals surface area contributed by atoms with Crippen molar-refractivity contribution in [2.45, 2.75) is 32.6 Å². The van der Waals surface area contributed by atoms with Gasteiger partial charge in [-0.05, 0) is 6.07 Å². The van der Waals surface area contributed by atoms with Crippen LogP contribution in [0.3, 0.4) is 0 Å². The first-order chi connectivity index (χ1) is 10.4. The first-order valence-electron chi connectivity index (χ1n) is 7.14. The van der Waals surface area contributed by atoms with Gasteiger partial charge in [0, 0.05) is 33.0 Å². The maximum Gasteiger partial charge on any atom is 0.309 e. The molecule has 0 saturated carbocycles. The molecule has 1 aromatic carbocycles. The number of benzene rings is 1. The smallest absolute Gasteiger partial charge is 0.309 e. The molecule has 3 rings (SSSR count). The van der Waals surface area contributed by atoms with Gasteiger partial charge in [0.15, 0.2) is 0 Å². The molecule has 0 unspecified atom stereocenters. The van der Waals surface area contributed by atoms with Crippen molar-refractivity contribution in [3.8, 4) is 10.6 Å². The molecular weight excluding hydrogens is 296 g/mol. The number of rotatable bonds is 3. The normalized spacial score (nSPS) is 12.0. The van der Waals surface area contributed by atoms with Crippen LogP contribution >= 0.6 is 11.3 Å². The summed E-state index contributed by atoms with van der Waals surface area (Å²) in [6, 6.07) is 8.15. The van der Waals surface area contributed by atoms with Crippen molar-refractivity contribution in [2.75, 3.05) is 0 Å². The molecule has 0 spiro atoms. The molecule has 0 radical (unpaired) electrons. The number of carboxylic acid groups (broad SMARTS) is 1. The predicted octanol–water partition coefficient (Wildman–Crippen LogP) is 4.22. The predicted molar refractivity (Wildman–Crippen MR) is 89.4 cm³/mol. The third-order valence-corrected chi connectivity index (χ3v) is 4.46. The Labute approximate surface area is 132 Å². The Morgan fingerprint density at radius 1 is 1.32 bits per heavy atom. The van der Waals surface area contributed by atoms with Crippen molar-refractivity contribution in [3.05, 3.63) is 41.0 Å². The van der Waals surface area contributed by atoms with E-state index in [-0.39, 0.29) is 11.8 Å². The minimum absolute atomic E-state index is 0.0380. The topological polar surface area (TPSA) is 66.0 Å². The number of H-pyrrole nitrogens is 1. The monoisotopic (exact) mass is 314 g/mol. The molecule has 0 bridgehead atoms. The fraction of sp³-hybridized carbons (Fsp3) is 0.294. The van der Waals surface area contributed by atoms with Crippen LogP contribution < -0.4 is 0 Å². The fourth-order valence-corrected chi connectivity index (χ4v) is 3.47. The van der Waals surface area contributed by atoms with E-state index in [2.05, 4.69) is 42.9 Å². The first-order valence-corrected chi connectivity index (χ1v) is 8.02. The van der Waals surface area contributed by atoms with Crippen molar-refractivity contribution >= 4 is 28.2 Å². The third kappa shape index (κ3) is 2.64. The van der Waals surface area contributed by atoms with Crippen molar-refractivity contribution < 1.29 is 9.90 Å². The lowest BCUT2D eigenvalue weighted by atomic mass is 9.89. The van der Waals surface area contributed by atoms with E-state index in [4.69, 9.17) is 5.11 Å². The van der Waals surface area contributed by atoms with E-state index in [1.54, 1.807) is 0 Å². The van der Waals surface area contributed by atoms with E-state index in [0.717, 1.165) is 27.2 Å². The molecule has 0 saturated heterocycles. The van der Waals surface area contributed by atoms with Gasteiger partial charge in [0.1, 0.15) is 5.01 Å². The summed E-state index contributed by atoms with van der Waals surface area (Å²) in [5, 5.41) is 12.8. The zero-order valence-electron chi connectivity index (χ0n) is 12.8. The van der Waals surface area contributed by atoms with Crippen molar-refractivity contribution in [2.24, 2.45) is 0 Å². The summed E-state index contributed by atoms with van der Waals surface area (Å²) in [5.74, 6) is -0.855. The van der Waals surface area contributed by atoms with Gasteiger partial charge in [0.25, 0.3) is 0 Å². The molecule has 0 aliphatic heterocycles. The van der Waals surface area contributed by atoms with Gasteiger partial charge in [0.2, 0.25) is 0 Å². The Morgan fingerprint density at radius 3 is 2.73 bits per heavy atom. The second-order valence-corrected chi connectivity index (χ2v) is 7.24. The van der Waals surface area contributed by atoms with E-state index in [1.807, 2.05) is 17.5 Å². The maximum absolute atomic E-state index is 10.9. The number of aromatic nitrogens is 2. The van der Waals surface area contributed by atoms with E-state index in [1.165, 1.54) is 11.3 Å². The number of para-hydroxylation sites is 1. The number of hydrogen-bond donors (Lipinski definition) is 2. The van der Waals surface area contributed by atoms with Gasteiger partial charge in [-0.3, -0.25) is 4.79 Å². The van der Waals surface area contributed by atoms with Gasteiger partial charge in [0.05, 0.1) is 12.1 Å². The number of nitrogens with zero attached hydrogens (tertiary/aromatic N) is 1. The molecule has 0 aliphatic carbocycles. The molecule has 0 amide bonds. The Balaban J connectivity index is 2.20. The first kappa shape index (κ1) is 14.8. The largest absolute Gasteiger partial charge is 0.481 e. The highest BCUT2D eigenvalue weighted by Crippen LogP contribution is 2.39. The molecule has 114 valence electrons. The van der Waals surface area contributed by atoms with E-state index < -0.39 is 5.97 Å². The summed E-state index contributed by atoms with van der Waals surface area (Å²) in [5.41, 5.74) is 3.86. The standard InChI is InChI=1S/C17H18N2O2S/c1-17(2,3)15-14(11-6-4-5-7-12(11)19-15)16-18-10(9-22-16)8-13(20)21/h4-7,9,19H,8H2,1-3H3,(H,20,21). The van der Waals surface area contributed by atoms with Gasteiger partial charge in [-0.1, -0.05) is 39.0 Å². The zero-order chi connectivity index (χ0) is 15.9. The molecule has 0 fully saturated rings. The van der Waals surface area contributed by atoms with E-state index in [9.17, 15) is 4.79 Å². The highest BCUT2D eigenvalue weighted by molar-refractivity contribution is 7.13. The van der Waals surface area contributed by atoms with Gasteiger partial charge in [-0.25, -0.2) is 4.98 Å². The van der Waals surface area contributed by atoms with Crippen LogP contribution in [0.15, 0.2) is 29.6 Å². The lowest BCUT2D eigenvalue weighted by Crippen LogP contribution is -2.13. The van der Waals surface area contributed by atoms with E-state index >= 15 is 0 Å². The minimum atomic E-state index is -0.855. The van der Waals surface area contributed by atoms with E-state index in [0.29, 0.717) is 5.69 Å². The quantitative estimate of drug-likeness (QED) is 0.761. The number of aliphatic carboxylic acids is 1. The van der Waals surface area contributed by atoms with Crippen LogP contribution in [0.4, 0.5) is 0 Å². The van der Waals surface area contributed by atoms with Crippen LogP contribution in [0.1, 0.15) is 32.2 Å². The Bertz CT molecular complexity index is 840. The Hall–Kier alpha value is -2.14. The molecule has 0 aliphatic rings. The highest BCUT2D eigenvalue weighted by Gasteiger charge is 2.25. The second kappa shape index (κ2) is 5.25. The van der Waals surface area contributed by atoms with Gasteiger partial charge in [-0.15, -0.1) is 11.3 Å². The van der Waals surface area contributed by atoms with Gasteiger partial charge < -0.3 is 10.1 Å². The van der Waals surface area contributed by atoms with Gasteiger partial charge >= 0.3 is 5.97 Å². The summed E-state index contributed by atoms with van der Waals surface area (Å²) < 4.78 is 0. The molecule has 3 aromatic rings. The van der Waals surface area contributed by atoms with Gasteiger partial charge in [-0.2, -0.15) is 0 Å². The van der Waals surface area contributed by atoms with Crippen LogP contribution in [0.25, 0.3) is 21.5 Å². The summed E-state index contributed by atoms with van der Waals surface area (Å²) in [6.45, 7) is 6.48. The Morgan fingerprint density at radius 2 is 2.05 bits per heavy atom. The van der Waals surface area contributed by atoms with Crippen LogP contribution in [0.5, 0.6) is 0 Å². The average molecular weight is 314 g/mol. The average Bonchev–Trinajstić information content (AvgIpc) is 3.00. The van der Waals surface area contributed by atoms with Crippen molar-refractivity contribution in [1.29, 1.82) is 0 Å². The van der Waals surface area contributed by atoms with Crippen molar-refractivity contribution in [1.82, 2.24) is 9.97 Å².